The number of sulfonamides is 1. The van der Waals surface area contributed by atoms with Crippen LogP contribution in [-0.2, 0) is 10.0 Å². The van der Waals surface area contributed by atoms with Gasteiger partial charge in [-0.1, -0.05) is 0 Å². The molecule has 1 saturated heterocycles. The zero-order chi connectivity index (χ0) is 22.9. The summed E-state index contributed by atoms with van der Waals surface area (Å²) in [4.78, 5) is 30.9. The second kappa shape index (κ2) is 8.51. The lowest BCUT2D eigenvalue weighted by Gasteiger charge is -2.24. The minimum absolute atomic E-state index is 0.0953. The summed E-state index contributed by atoms with van der Waals surface area (Å²) in [7, 11) is -4.23. The predicted octanol–water partition coefficient (Wildman–Crippen LogP) is 2.12. The standard InChI is InChI=1S/C18H22N6O6S/c1-12-13(2)19-14(3)20-18(12)21-7-4-8-22(10-9-21)31(29,30)17-6-5-15(23(25)26)11-16(17)24(27)28/h5-6,11H,4,7-10H2,1-3H3. The highest BCUT2D eigenvalue weighted by atomic mass is 32.2. The van der Waals surface area contributed by atoms with Crippen molar-refractivity contribution >= 4 is 27.2 Å². The number of nitrogens with zero attached hydrogens (tertiary/aromatic N) is 6. The summed E-state index contributed by atoms with van der Waals surface area (Å²) in [5.74, 6) is 1.36. The van der Waals surface area contributed by atoms with Crippen molar-refractivity contribution in [3.63, 3.8) is 0 Å². The van der Waals surface area contributed by atoms with Crippen molar-refractivity contribution in [2.45, 2.75) is 32.1 Å². The maximum absolute atomic E-state index is 13.2. The van der Waals surface area contributed by atoms with Crippen molar-refractivity contribution in [2.24, 2.45) is 0 Å². The zero-order valence-electron chi connectivity index (χ0n) is 17.3. The number of rotatable bonds is 5. The molecule has 1 aliphatic heterocycles. The van der Waals surface area contributed by atoms with Gasteiger partial charge >= 0.3 is 0 Å². The minimum atomic E-state index is -4.23. The summed E-state index contributed by atoms with van der Waals surface area (Å²) in [6.07, 6.45) is 0.488. The molecule has 0 bridgehead atoms. The first-order valence-corrected chi connectivity index (χ1v) is 11.0. The Morgan fingerprint density at radius 2 is 1.68 bits per heavy atom. The molecule has 3 rings (SSSR count). The highest BCUT2D eigenvalue weighted by Crippen LogP contribution is 2.31. The van der Waals surface area contributed by atoms with Crippen molar-refractivity contribution in [2.75, 3.05) is 31.1 Å². The first kappa shape index (κ1) is 22.5. The van der Waals surface area contributed by atoms with Gasteiger partial charge in [0.1, 0.15) is 11.6 Å². The van der Waals surface area contributed by atoms with Gasteiger partial charge in [0, 0.05) is 43.5 Å². The molecule has 166 valence electrons. The lowest BCUT2D eigenvalue weighted by Crippen LogP contribution is -2.36. The van der Waals surface area contributed by atoms with Crippen LogP contribution < -0.4 is 4.90 Å². The maximum Gasteiger partial charge on any atom is 0.296 e. The van der Waals surface area contributed by atoms with E-state index in [-0.39, 0.29) is 13.1 Å². The molecule has 0 aliphatic carbocycles. The average molecular weight is 450 g/mol. The van der Waals surface area contributed by atoms with Gasteiger partial charge in [-0.25, -0.2) is 18.4 Å². The molecule has 31 heavy (non-hydrogen) atoms. The number of benzene rings is 1. The number of aryl methyl sites for hydroxylation is 2. The normalized spacial score (nSPS) is 15.5. The summed E-state index contributed by atoms with van der Waals surface area (Å²) in [5.41, 5.74) is 0.400. The van der Waals surface area contributed by atoms with Crippen molar-refractivity contribution in [3.8, 4) is 0 Å². The fraction of sp³-hybridized carbons (Fsp3) is 0.444. The lowest BCUT2D eigenvalue weighted by atomic mass is 10.2. The number of nitro benzene ring substituents is 2. The Morgan fingerprint density at radius 1 is 0.968 bits per heavy atom. The van der Waals surface area contributed by atoms with Gasteiger partial charge in [0.05, 0.1) is 15.9 Å². The van der Waals surface area contributed by atoms with Gasteiger partial charge in [0.2, 0.25) is 10.0 Å². The van der Waals surface area contributed by atoms with Gasteiger partial charge in [-0.15, -0.1) is 0 Å². The van der Waals surface area contributed by atoms with Crippen LogP contribution in [0.1, 0.15) is 23.5 Å². The molecular formula is C18H22N6O6S. The van der Waals surface area contributed by atoms with Crippen LogP contribution in [0.25, 0.3) is 0 Å². The van der Waals surface area contributed by atoms with E-state index in [0.29, 0.717) is 31.4 Å². The summed E-state index contributed by atoms with van der Waals surface area (Å²) < 4.78 is 27.5. The Morgan fingerprint density at radius 3 is 2.32 bits per heavy atom. The second-order valence-corrected chi connectivity index (χ2v) is 9.12. The average Bonchev–Trinajstić information content (AvgIpc) is 2.96. The highest BCUT2D eigenvalue weighted by molar-refractivity contribution is 7.89. The molecule has 0 atom stereocenters. The smallest absolute Gasteiger partial charge is 0.296 e. The largest absolute Gasteiger partial charge is 0.355 e. The number of non-ortho nitro benzene ring substituents is 1. The fourth-order valence-electron chi connectivity index (χ4n) is 3.52. The first-order valence-electron chi connectivity index (χ1n) is 9.52. The van der Waals surface area contributed by atoms with Crippen molar-refractivity contribution in [1.29, 1.82) is 0 Å². The maximum atomic E-state index is 13.2. The van der Waals surface area contributed by atoms with E-state index >= 15 is 0 Å². The van der Waals surface area contributed by atoms with E-state index in [2.05, 4.69) is 9.97 Å². The lowest BCUT2D eigenvalue weighted by molar-refractivity contribution is -0.396. The Balaban J connectivity index is 1.91. The fourth-order valence-corrected chi connectivity index (χ4v) is 5.13. The third-order valence-corrected chi connectivity index (χ3v) is 7.14. The molecule has 12 nitrogen and oxygen atoms in total. The third kappa shape index (κ3) is 4.46. The van der Waals surface area contributed by atoms with Gasteiger partial charge in [0.25, 0.3) is 11.4 Å². The predicted molar refractivity (Wildman–Crippen MR) is 112 cm³/mol. The number of hydrogen-bond donors (Lipinski definition) is 0. The van der Waals surface area contributed by atoms with Crippen LogP contribution in [0.4, 0.5) is 17.2 Å². The summed E-state index contributed by atoms with van der Waals surface area (Å²) in [6, 6.07) is 2.56. The Labute approximate surface area is 178 Å². The van der Waals surface area contributed by atoms with Crippen LogP contribution in [-0.4, -0.2) is 58.7 Å². The van der Waals surface area contributed by atoms with Crippen LogP contribution in [0, 0.1) is 41.0 Å². The quantitative estimate of drug-likeness (QED) is 0.492. The van der Waals surface area contributed by atoms with E-state index in [9.17, 15) is 28.6 Å². The molecule has 0 N–H and O–H groups in total. The van der Waals surface area contributed by atoms with Gasteiger partial charge in [0.15, 0.2) is 4.90 Å². The van der Waals surface area contributed by atoms with Gasteiger partial charge in [-0.3, -0.25) is 20.2 Å². The summed E-state index contributed by atoms with van der Waals surface area (Å²) in [6.45, 7) is 6.74. The van der Waals surface area contributed by atoms with Crippen molar-refractivity contribution < 1.29 is 18.3 Å². The van der Waals surface area contributed by atoms with Crippen molar-refractivity contribution in [3.05, 3.63) is 55.5 Å². The third-order valence-electron chi connectivity index (χ3n) is 5.20. The van der Waals surface area contributed by atoms with E-state index in [0.717, 1.165) is 29.2 Å². The zero-order valence-corrected chi connectivity index (χ0v) is 18.1. The van der Waals surface area contributed by atoms with E-state index in [1.165, 1.54) is 4.31 Å². The molecule has 2 heterocycles. The molecule has 13 heteroatoms. The second-order valence-electron chi connectivity index (χ2n) is 7.22. The van der Waals surface area contributed by atoms with E-state index < -0.39 is 36.1 Å². The van der Waals surface area contributed by atoms with Crippen molar-refractivity contribution in [1.82, 2.24) is 14.3 Å². The van der Waals surface area contributed by atoms with E-state index in [1.54, 1.807) is 6.92 Å². The molecular weight excluding hydrogens is 428 g/mol. The summed E-state index contributed by atoms with van der Waals surface area (Å²) in [5, 5.41) is 22.3. The molecule has 1 aromatic carbocycles. The number of nitro groups is 2. The molecule has 0 amide bonds. The van der Waals surface area contributed by atoms with Gasteiger partial charge in [-0.2, -0.15) is 4.31 Å². The number of anilines is 1. The SMILES string of the molecule is Cc1nc(C)c(C)c(N2CCCN(S(=O)(=O)c3ccc([N+](=O)[O-])cc3[N+](=O)[O-])CC2)n1. The Bertz CT molecular complexity index is 1150. The molecule has 1 fully saturated rings. The van der Waals surface area contributed by atoms with Crippen LogP contribution in [0.3, 0.4) is 0 Å². The van der Waals surface area contributed by atoms with E-state index in [4.69, 9.17) is 0 Å². The molecule has 0 radical (unpaired) electrons. The van der Waals surface area contributed by atoms with Crippen LogP contribution in [0.2, 0.25) is 0 Å². The van der Waals surface area contributed by atoms with E-state index in [1.807, 2.05) is 18.7 Å². The van der Waals surface area contributed by atoms with Crippen LogP contribution in [0.15, 0.2) is 23.1 Å². The number of aromatic nitrogens is 2. The molecule has 0 unspecified atom stereocenters. The Kier molecular flexibility index (Phi) is 6.18. The monoisotopic (exact) mass is 450 g/mol. The summed E-state index contributed by atoms with van der Waals surface area (Å²) >= 11 is 0. The first-order chi connectivity index (χ1) is 14.5. The topological polar surface area (TPSA) is 153 Å². The number of hydrogen-bond acceptors (Lipinski definition) is 9. The molecule has 2 aromatic rings. The molecule has 0 saturated carbocycles. The Hall–Kier alpha value is -3.19. The van der Waals surface area contributed by atoms with Gasteiger partial charge in [-0.05, 0) is 33.3 Å². The molecule has 1 aliphatic rings. The minimum Gasteiger partial charge on any atom is -0.355 e. The van der Waals surface area contributed by atoms with Crippen LogP contribution >= 0.6 is 0 Å². The van der Waals surface area contributed by atoms with Crippen LogP contribution in [0.5, 0.6) is 0 Å². The van der Waals surface area contributed by atoms with Gasteiger partial charge < -0.3 is 4.90 Å². The molecule has 1 aromatic heterocycles. The molecule has 0 spiro atoms. The highest BCUT2D eigenvalue weighted by Gasteiger charge is 2.34.